The molecule has 3 aromatic rings. The second kappa shape index (κ2) is 7.59. The van der Waals surface area contributed by atoms with Crippen molar-refractivity contribution in [2.24, 2.45) is 7.05 Å². The summed E-state index contributed by atoms with van der Waals surface area (Å²) in [6.45, 7) is 4.38. The number of nitrogens with zero attached hydrogens (tertiary/aromatic N) is 3. The first-order valence-electron chi connectivity index (χ1n) is 8.93. The van der Waals surface area contributed by atoms with Gasteiger partial charge >= 0.3 is 0 Å². The van der Waals surface area contributed by atoms with Crippen molar-refractivity contribution in [2.75, 3.05) is 12.4 Å². The van der Waals surface area contributed by atoms with E-state index in [1.807, 2.05) is 6.07 Å². The minimum absolute atomic E-state index is 0.252. The van der Waals surface area contributed by atoms with Crippen molar-refractivity contribution in [3.05, 3.63) is 35.7 Å². The minimum Gasteiger partial charge on any atom is -0.494 e. The van der Waals surface area contributed by atoms with Crippen molar-refractivity contribution < 1.29 is 9.53 Å². The van der Waals surface area contributed by atoms with E-state index in [4.69, 9.17) is 4.74 Å². The molecule has 0 aliphatic rings. The molecule has 1 unspecified atom stereocenters. The lowest BCUT2D eigenvalue weighted by atomic mass is 9.91. The number of methoxy groups -OCH3 is 1. The van der Waals surface area contributed by atoms with E-state index in [9.17, 15) is 4.79 Å². The van der Waals surface area contributed by atoms with Gasteiger partial charge in [-0.2, -0.15) is 5.10 Å². The van der Waals surface area contributed by atoms with Crippen LogP contribution in [0.4, 0.5) is 5.95 Å². The largest absolute Gasteiger partial charge is 0.494 e. The lowest BCUT2D eigenvalue weighted by molar-refractivity contribution is 0.102. The Morgan fingerprint density at radius 3 is 2.81 bits per heavy atom. The van der Waals surface area contributed by atoms with E-state index in [0.29, 0.717) is 23.2 Å². The summed E-state index contributed by atoms with van der Waals surface area (Å²) in [5.41, 5.74) is 3.33. The third-order valence-corrected chi connectivity index (χ3v) is 4.63. The number of amides is 1. The number of hydrogen-bond donors (Lipinski definition) is 2. The van der Waals surface area contributed by atoms with Crippen LogP contribution in [0.25, 0.3) is 11.0 Å². The highest BCUT2D eigenvalue weighted by molar-refractivity contribution is 6.04. The molecule has 1 atom stereocenters. The Bertz CT molecular complexity index is 912. The number of fused-ring (bicyclic) bond motifs is 1. The number of carbonyl (C=O) groups excluding carboxylic acids is 1. The normalized spacial score (nSPS) is 12.3. The third-order valence-electron chi connectivity index (χ3n) is 4.63. The molecule has 0 saturated carbocycles. The summed E-state index contributed by atoms with van der Waals surface area (Å²) < 4.78 is 7.05. The van der Waals surface area contributed by atoms with Gasteiger partial charge in [-0.3, -0.25) is 14.8 Å². The number of imidazole rings is 1. The van der Waals surface area contributed by atoms with Gasteiger partial charge in [-0.15, -0.1) is 0 Å². The molecule has 2 aromatic heterocycles. The first-order chi connectivity index (χ1) is 12.6. The van der Waals surface area contributed by atoms with Gasteiger partial charge in [0, 0.05) is 13.2 Å². The fourth-order valence-corrected chi connectivity index (χ4v) is 3.29. The molecular weight excluding hydrogens is 330 g/mol. The molecule has 26 heavy (non-hydrogen) atoms. The summed E-state index contributed by atoms with van der Waals surface area (Å²) in [5, 5.41) is 6.84. The lowest BCUT2D eigenvalue weighted by Gasteiger charge is -2.15. The van der Waals surface area contributed by atoms with Crippen LogP contribution in [-0.2, 0) is 7.05 Å². The first-order valence-corrected chi connectivity index (χ1v) is 8.93. The van der Waals surface area contributed by atoms with E-state index in [0.717, 1.165) is 30.3 Å². The number of ether oxygens (including phenoxy) is 1. The Morgan fingerprint density at radius 2 is 2.19 bits per heavy atom. The van der Waals surface area contributed by atoms with E-state index in [-0.39, 0.29) is 5.91 Å². The van der Waals surface area contributed by atoms with E-state index in [2.05, 4.69) is 40.3 Å². The average Bonchev–Trinajstić information content (AvgIpc) is 3.25. The van der Waals surface area contributed by atoms with Gasteiger partial charge in [0.15, 0.2) is 0 Å². The van der Waals surface area contributed by atoms with Crippen LogP contribution in [0.1, 0.15) is 54.9 Å². The molecule has 2 heterocycles. The third kappa shape index (κ3) is 3.42. The van der Waals surface area contributed by atoms with Crippen molar-refractivity contribution in [1.29, 1.82) is 0 Å². The zero-order valence-corrected chi connectivity index (χ0v) is 15.7. The van der Waals surface area contributed by atoms with Crippen molar-refractivity contribution in [3.63, 3.8) is 0 Å². The zero-order valence-electron chi connectivity index (χ0n) is 15.7. The maximum Gasteiger partial charge on any atom is 0.261 e. The molecule has 0 aliphatic heterocycles. The van der Waals surface area contributed by atoms with E-state index < -0.39 is 0 Å². The second-order valence-corrected chi connectivity index (χ2v) is 6.42. The number of H-pyrrole nitrogens is 1. The van der Waals surface area contributed by atoms with Gasteiger partial charge in [-0.1, -0.05) is 26.3 Å². The van der Waals surface area contributed by atoms with Gasteiger partial charge in [0.2, 0.25) is 5.95 Å². The van der Waals surface area contributed by atoms with E-state index >= 15 is 0 Å². The van der Waals surface area contributed by atoms with Crippen molar-refractivity contribution in [3.8, 4) is 5.75 Å². The molecule has 0 fully saturated rings. The molecule has 1 amide bonds. The van der Waals surface area contributed by atoms with Crippen LogP contribution in [0, 0.1) is 0 Å². The van der Waals surface area contributed by atoms with Crippen molar-refractivity contribution >= 4 is 22.9 Å². The van der Waals surface area contributed by atoms with Crippen LogP contribution in [0.15, 0.2) is 24.5 Å². The summed E-state index contributed by atoms with van der Waals surface area (Å²) in [6, 6.07) is 4.04. The van der Waals surface area contributed by atoms with Crippen molar-refractivity contribution in [2.45, 2.75) is 39.0 Å². The molecule has 7 nitrogen and oxygen atoms in total. The summed E-state index contributed by atoms with van der Waals surface area (Å²) in [7, 11) is 3.40. The SMILES string of the molecule is CCCC(CC)c1ccc(OC)c2[nH]c(NC(=O)c3cnn(C)c3)nc12. The predicted molar refractivity (Wildman–Crippen MR) is 102 cm³/mol. The summed E-state index contributed by atoms with van der Waals surface area (Å²) in [6.07, 6.45) is 6.44. The fraction of sp³-hybridized carbons (Fsp3) is 0.421. The standard InChI is InChI=1S/C19H25N5O2/c1-5-7-12(6-2)14-8-9-15(26-4)17-16(14)21-19(22-17)23-18(25)13-10-20-24(3)11-13/h8-12H,5-7H2,1-4H3,(H2,21,22,23,25). The molecular formula is C19H25N5O2. The predicted octanol–water partition coefficient (Wildman–Crippen LogP) is 3.85. The average molecular weight is 355 g/mol. The number of aryl methyl sites for hydroxylation is 1. The molecule has 0 spiro atoms. The highest BCUT2D eigenvalue weighted by atomic mass is 16.5. The van der Waals surface area contributed by atoms with E-state index in [1.54, 1.807) is 25.0 Å². The van der Waals surface area contributed by atoms with Gasteiger partial charge < -0.3 is 9.72 Å². The number of rotatable bonds is 7. The Morgan fingerprint density at radius 1 is 1.38 bits per heavy atom. The Hall–Kier alpha value is -2.83. The Kier molecular flexibility index (Phi) is 5.25. The zero-order chi connectivity index (χ0) is 18.7. The summed E-state index contributed by atoms with van der Waals surface area (Å²) in [5.74, 6) is 1.30. The smallest absolute Gasteiger partial charge is 0.261 e. The molecule has 2 N–H and O–H groups in total. The van der Waals surface area contributed by atoms with Crippen LogP contribution in [0.2, 0.25) is 0 Å². The minimum atomic E-state index is -0.252. The van der Waals surface area contributed by atoms with Crippen molar-refractivity contribution in [1.82, 2.24) is 19.7 Å². The molecule has 3 rings (SSSR count). The molecule has 0 saturated heterocycles. The second-order valence-electron chi connectivity index (χ2n) is 6.42. The number of aromatic amines is 1. The molecule has 7 heteroatoms. The number of anilines is 1. The topological polar surface area (TPSA) is 84.8 Å². The molecule has 0 bridgehead atoms. The van der Waals surface area contributed by atoms with Gasteiger partial charge in [-0.25, -0.2) is 4.98 Å². The highest BCUT2D eigenvalue weighted by Gasteiger charge is 2.19. The highest BCUT2D eigenvalue weighted by Crippen LogP contribution is 2.35. The molecule has 138 valence electrons. The summed E-state index contributed by atoms with van der Waals surface area (Å²) in [4.78, 5) is 20.2. The van der Waals surface area contributed by atoms with Gasteiger partial charge in [-0.05, 0) is 30.4 Å². The molecule has 1 aromatic carbocycles. The number of benzene rings is 1. The maximum atomic E-state index is 12.4. The van der Waals surface area contributed by atoms with Gasteiger partial charge in [0.05, 0.1) is 24.4 Å². The Labute approximate surface area is 152 Å². The number of carbonyl (C=O) groups is 1. The fourth-order valence-electron chi connectivity index (χ4n) is 3.29. The van der Waals surface area contributed by atoms with Crippen LogP contribution < -0.4 is 10.1 Å². The Balaban J connectivity index is 1.98. The lowest BCUT2D eigenvalue weighted by Crippen LogP contribution is -2.12. The first kappa shape index (κ1) is 18.0. The quantitative estimate of drug-likeness (QED) is 0.674. The molecule has 0 radical (unpaired) electrons. The van der Waals surface area contributed by atoms with Crippen LogP contribution >= 0.6 is 0 Å². The van der Waals surface area contributed by atoms with Crippen LogP contribution in [0.5, 0.6) is 5.75 Å². The molecule has 0 aliphatic carbocycles. The monoisotopic (exact) mass is 355 g/mol. The number of nitrogens with one attached hydrogen (secondary N) is 2. The van der Waals surface area contributed by atoms with Crippen LogP contribution in [-0.4, -0.2) is 32.8 Å². The maximum absolute atomic E-state index is 12.4. The number of hydrogen-bond acceptors (Lipinski definition) is 4. The van der Waals surface area contributed by atoms with Gasteiger partial charge in [0.1, 0.15) is 11.3 Å². The summed E-state index contributed by atoms with van der Waals surface area (Å²) >= 11 is 0. The van der Waals surface area contributed by atoms with E-state index in [1.165, 1.54) is 11.8 Å². The van der Waals surface area contributed by atoms with Crippen LogP contribution in [0.3, 0.4) is 0 Å². The van der Waals surface area contributed by atoms with Gasteiger partial charge in [0.25, 0.3) is 5.91 Å². The number of aromatic nitrogens is 4.